The van der Waals surface area contributed by atoms with Crippen molar-refractivity contribution in [3.05, 3.63) is 48.0 Å². The van der Waals surface area contributed by atoms with E-state index < -0.39 is 6.10 Å². The van der Waals surface area contributed by atoms with Crippen LogP contribution < -0.4 is 18.9 Å². The number of nitrogens with zero attached hydrogens (tertiary/aromatic N) is 1. The number of benzene rings is 2. The van der Waals surface area contributed by atoms with Crippen molar-refractivity contribution >= 4 is 5.91 Å². The Bertz CT molecular complexity index is 877. The number of carbonyl (C=O) groups excluding carboxylic acids is 1. The zero-order valence-corrected chi connectivity index (χ0v) is 15.6. The lowest BCUT2D eigenvalue weighted by Gasteiger charge is -2.34. The van der Waals surface area contributed by atoms with E-state index in [9.17, 15) is 4.79 Å². The van der Waals surface area contributed by atoms with E-state index in [0.717, 1.165) is 42.7 Å². The molecule has 2 aliphatic heterocycles. The summed E-state index contributed by atoms with van der Waals surface area (Å²) in [5.74, 6) is 2.79. The van der Waals surface area contributed by atoms with Crippen LogP contribution >= 0.6 is 0 Å². The van der Waals surface area contributed by atoms with Crippen LogP contribution in [-0.2, 0) is 11.3 Å². The molecule has 0 spiro atoms. The average Bonchev–Trinajstić information content (AvgIpc) is 3.42. The van der Waals surface area contributed by atoms with Crippen LogP contribution in [0, 0.1) is 0 Å². The fourth-order valence-corrected chi connectivity index (χ4v) is 4.17. The molecule has 6 heteroatoms. The lowest BCUT2D eigenvalue weighted by Crippen LogP contribution is -2.49. The maximum absolute atomic E-state index is 13.4. The van der Waals surface area contributed by atoms with Gasteiger partial charge in [0.15, 0.2) is 23.0 Å². The van der Waals surface area contributed by atoms with Crippen LogP contribution in [0.4, 0.5) is 0 Å². The van der Waals surface area contributed by atoms with E-state index in [2.05, 4.69) is 0 Å². The van der Waals surface area contributed by atoms with E-state index in [1.165, 1.54) is 0 Å². The monoisotopic (exact) mass is 381 g/mol. The van der Waals surface area contributed by atoms with Gasteiger partial charge in [0.25, 0.3) is 5.91 Å². The zero-order chi connectivity index (χ0) is 18.9. The number of hydrogen-bond acceptors (Lipinski definition) is 5. The molecule has 5 rings (SSSR count). The van der Waals surface area contributed by atoms with Crippen LogP contribution in [0.25, 0.3) is 0 Å². The van der Waals surface area contributed by atoms with Crippen molar-refractivity contribution in [3.63, 3.8) is 0 Å². The Labute approximate surface area is 163 Å². The predicted molar refractivity (Wildman–Crippen MR) is 102 cm³/mol. The molecule has 0 bridgehead atoms. The van der Waals surface area contributed by atoms with Gasteiger partial charge in [0.2, 0.25) is 12.9 Å². The maximum atomic E-state index is 13.4. The van der Waals surface area contributed by atoms with E-state index in [1.807, 2.05) is 47.4 Å². The molecule has 6 nitrogen and oxygen atoms in total. The smallest absolute Gasteiger partial charge is 0.267 e. The molecule has 28 heavy (non-hydrogen) atoms. The van der Waals surface area contributed by atoms with Gasteiger partial charge in [0.05, 0.1) is 0 Å². The maximum Gasteiger partial charge on any atom is 0.267 e. The van der Waals surface area contributed by atoms with Crippen LogP contribution in [0.1, 0.15) is 31.2 Å². The van der Waals surface area contributed by atoms with Gasteiger partial charge < -0.3 is 23.8 Å². The molecule has 2 heterocycles. The number of para-hydroxylation sites is 2. The summed E-state index contributed by atoms with van der Waals surface area (Å²) in [6.07, 6.45) is 3.74. The average molecular weight is 381 g/mol. The molecular formula is C22H23NO5. The minimum atomic E-state index is -0.621. The molecule has 1 atom stereocenters. The summed E-state index contributed by atoms with van der Waals surface area (Å²) in [5, 5.41) is 0. The Kier molecular flexibility index (Phi) is 4.47. The number of fused-ring (bicyclic) bond motifs is 2. The van der Waals surface area contributed by atoms with Crippen LogP contribution in [0.5, 0.6) is 23.0 Å². The quantitative estimate of drug-likeness (QED) is 0.811. The standard InChI is InChI=1S/C22H23NO5/c24-22(21-13-25-17-7-3-4-8-19(17)28-21)23(16-5-1-2-6-16)12-15-9-10-18-20(11-15)27-14-26-18/h3-4,7-11,16,21H,1-2,5-6,12-14H2/t21-/m0/s1. The van der Waals surface area contributed by atoms with Crippen LogP contribution in [0.15, 0.2) is 42.5 Å². The van der Waals surface area contributed by atoms with Gasteiger partial charge in [-0.3, -0.25) is 4.79 Å². The SMILES string of the molecule is O=C([C@@H]1COc2ccccc2O1)N(Cc1ccc2c(c1)OCO2)C1CCCC1. The van der Waals surface area contributed by atoms with Gasteiger partial charge >= 0.3 is 0 Å². The molecular weight excluding hydrogens is 358 g/mol. The lowest BCUT2D eigenvalue weighted by atomic mass is 10.1. The Morgan fingerprint density at radius 3 is 2.54 bits per heavy atom. The summed E-state index contributed by atoms with van der Waals surface area (Å²) in [5.41, 5.74) is 1.03. The van der Waals surface area contributed by atoms with Crippen molar-refractivity contribution in [2.75, 3.05) is 13.4 Å². The van der Waals surface area contributed by atoms with Gasteiger partial charge in [0.1, 0.15) is 6.61 Å². The van der Waals surface area contributed by atoms with Gasteiger partial charge in [-0.05, 0) is 42.7 Å². The Balaban J connectivity index is 1.37. The molecule has 1 aliphatic carbocycles. The summed E-state index contributed by atoms with van der Waals surface area (Å²) >= 11 is 0. The van der Waals surface area contributed by atoms with E-state index in [-0.39, 0.29) is 25.3 Å². The van der Waals surface area contributed by atoms with Crippen LogP contribution in [0.3, 0.4) is 0 Å². The molecule has 2 aromatic carbocycles. The highest BCUT2D eigenvalue weighted by molar-refractivity contribution is 5.82. The van der Waals surface area contributed by atoms with Crippen molar-refractivity contribution < 1.29 is 23.7 Å². The summed E-state index contributed by atoms with van der Waals surface area (Å²) in [7, 11) is 0. The topological polar surface area (TPSA) is 57.2 Å². The summed E-state index contributed by atoms with van der Waals surface area (Å²) in [6.45, 7) is 1.01. The zero-order valence-electron chi connectivity index (χ0n) is 15.6. The van der Waals surface area contributed by atoms with E-state index in [1.54, 1.807) is 0 Å². The molecule has 0 saturated heterocycles. The first-order valence-electron chi connectivity index (χ1n) is 9.85. The van der Waals surface area contributed by atoms with Crippen molar-refractivity contribution in [1.82, 2.24) is 4.90 Å². The third-order valence-electron chi connectivity index (χ3n) is 5.62. The molecule has 0 unspecified atom stereocenters. The first-order chi connectivity index (χ1) is 13.8. The predicted octanol–water partition coefficient (Wildman–Crippen LogP) is 3.53. The fourth-order valence-electron chi connectivity index (χ4n) is 4.17. The second-order valence-electron chi connectivity index (χ2n) is 7.46. The number of carbonyl (C=O) groups is 1. The van der Waals surface area contributed by atoms with E-state index in [4.69, 9.17) is 18.9 Å². The van der Waals surface area contributed by atoms with E-state index in [0.29, 0.717) is 18.0 Å². The van der Waals surface area contributed by atoms with Crippen molar-refractivity contribution in [1.29, 1.82) is 0 Å². The molecule has 1 amide bonds. The van der Waals surface area contributed by atoms with Gasteiger partial charge in [-0.1, -0.05) is 31.0 Å². The van der Waals surface area contributed by atoms with Gasteiger partial charge in [0, 0.05) is 12.6 Å². The highest BCUT2D eigenvalue weighted by Crippen LogP contribution is 2.35. The van der Waals surface area contributed by atoms with E-state index >= 15 is 0 Å². The molecule has 3 aliphatic rings. The molecule has 146 valence electrons. The number of hydrogen-bond donors (Lipinski definition) is 0. The number of amides is 1. The molecule has 0 aromatic heterocycles. The van der Waals surface area contributed by atoms with Gasteiger partial charge in [-0.25, -0.2) is 0 Å². The first-order valence-corrected chi connectivity index (χ1v) is 9.85. The second kappa shape index (κ2) is 7.26. The minimum absolute atomic E-state index is 0.0148. The summed E-state index contributed by atoms with van der Waals surface area (Å²) < 4.78 is 22.6. The van der Waals surface area contributed by atoms with Crippen molar-refractivity contribution in [2.45, 2.75) is 44.4 Å². The summed E-state index contributed by atoms with van der Waals surface area (Å²) in [6, 6.07) is 13.6. The fraction of sp³-hybridized carbons (Fsp3) is 0.409. The largest absolute Gasteiger partial charge is 0.485 e. The minimum Gasteiger partial charge on any atom is -0.485 e. The molecule has 1 fully saturated rings. The van der Waals surface area contributed by atoms with Crippen LogP contribution in [-0.4, -0.2) is 36.4 Å². The highest BCUT2D eigenvalue weighted by Gasteiger charge is 2.35. The third-order valence-corrected chi connectivity index (χ3v) is 5.62. The molecule has 2 aromatic rings. The Morgan fingerprint density at radius 2 is 1.68 bits per heavy atom. The molecule has 1 saturated carbocycles. The van der Waals surface area contributed by atoms with Gasteiger partial charge in [-0.2, -0.15) is 0 Å². The number of ether oxygens (including phenoxy) is 4. The van der Waals surface area contributed by atoms with Gasteiger partial charge in [-0.15, -0.1) is 0 Å². The van der Waals surface area contributed by atoms with Crippen LogP contribution in [0.2, 0.25) is 0 Å². The highest BCUT2D eigenvalue weighted by atomic mass is 16.7. The Morgan fingerprint density at radius 1 is 0.929 bits per heavy atom. The molecule has 0 radical (unpaired) electrons. The molecule has 0 N–H and O–H groups in total. The second-order valence-corrected chi connectivity index (χ2v) is 7.46. The van der Waals surface area contributed by atoms with Crippen molar-refractivity contribution in [2.24, 2.45) is 0 Å². The normalized spacial score (nSPS) is 20.2. The third kappa shape index (κ3) is 3.23. The number of rotatable bonds is 4. The Hall–Kier alpha value is -2.89. The van der Waals surface area contributed by atoms with Crippen molar-refractivity contribution in [3.8, 4) is 23.0 Å². The first kappa shape index (κ1) is 17.2. The summed E-state index contributed by atoms with van der Waals surface area (Å²) in [4.78, 5) is 15.4. The lowest BCUT2D eigenvalue weighted by molar-refractivity contribution is -0.144.